The quantitative estimate of drug-likeness (QED) is 0.795. The van der Waals surface area contributed by atoms with Crippen LogP contribution >= 0.6 is 24.8 Å². The molecule has 6 nitrogen and oxygen atoms in total. The molecule has 2 fully saturated rings. The van der Waals surface area contributed by atoms with Gasteiger partial charge >= 0.3 is 0 Å². The minimum atomic E-state index is -0.456. The number of hydrogen-bond acceptors (Lipinski definition) is 4. The van der Waals surface area contributed by atoms with Gasteiger partial charge in [0.1, 0.15) is 0 Å². The molecule has 0 aromatic carbocycles. The van der Waals surface area contributed by atoms with Crippen molar-refractivity contribution in [2.45, 2.75) is 57.7 Å². The molecule has 2 saturated heterocycles. The van der Waals surface area contributed by atoms with E-state index in [4.69, 9.17) is 5.73 Å². The molecule has 1 aromatic heterocycles. The fraction of sp³-hybridized carbons (Fsp3) is 0.700. The lowest BCUT2D eigenvalue weighted by molar-refractivity contribution is -0.134. The first-order valence-electron chi connectivity index (χ1n) is 10.0. The number of amides is 1. The molecule has 0 saturated carbocycles. The van der Waals surface area contributed by atoms with E-state index in [0.717, 1.165) is 50.4 Å². The smallest absolute Gasteiger partial charge is 0.255 e. The first kappa shape index (κ1) is 23.2. The van der Waals surface area contributed by atoms with Crippen molar-refractivity contribution in [3.05, 3.63) is 33.7 Å². The fourth-order valence-electron chi connectivity index (χ4n) is 4.94. The zero-order valence-electron chi connectivity index (χ0n) is 16.5. The highest BCUT2D eigenvalue weighted by molar-refractivity contribution is 5.85. The van der Waals surface area contributed by atoms with E-state index < -0.39 is 6.04 Å². The van der Waals surface area contributed by atoms with Crippen LogP contribution in [0, 0.1) is 5.92 Å². The molecular formula is C20H32Cl2N4O2. The number of carbonyl (C=O) groups is 1. The van der Waals surface area contributed by atoms with Gasteiger partial charge in [-0.1, -0.05) is 12.5 Å². The van der Waals surface area contributed by atoms with Crippen molar-refractivity contribution in [1.82, 2.24) is 14.4 Å². The van der Waals surface area contributed by atoms with E-state index in [-0.39, 0.29) is 42.2 Å². The summed E-state index contributed by atoms with van der Waals surface area (Å²) in [6.45, 7) is 6.84. The number of hydrogen-bond donors (Lipinski definition) is 1. The Bertz CT molecular complexity index is 746. The van der Waals surface area contributed by atoms with Crippen LogP contribution < -0.4 is 11.3 Å². The van der Waals surface area contributed by atoms with Crippen LogP contribution in [0.2, 0.25) is 0 Å². The van der Waals surface area contributed by atoms with Gasteiger partial charge in [0, 0.05) is 43.4 Å². The van der Waals surface area contributed by atoms with Crippen LogP contribution in [0.25, 0.3) is 0 Å². The third-order valence-electron chi connectivity index (χ3n) is 6.23. The van der Waals surface area contributed by atoms with Gasteiger partial charge in [-0.3, -0.25) is 14.5 Å². The largest absolute Gasteiger partial charge is 0.340 e. The number of rotatable bonds is 3. The number of piperidine rings is 2. The Balaban J connectivity index is 0.00000140. The predicted octanol–water partition coefficient (Wildman–Crippen LogP) is 1.97. The minimum absolute atomic E-state index is 0. The number of likely N-dealkylation sites (tertiary alicyclic amines) is 2. The highest BCUT2D eigenvalue weighted by Crippen LogP contribution is 2.35. The molecule has 3 atom stereocenters. The topological polar surface area (TPSA) is 71.6 Å². The van der Waals surface area contributed by atoms with Crippen LogP contribution in [0.1, 0.15) is 49.8 Å². The van der Waals surface area contributed by atoms with Crippen LogP contribution in [0.3, 0.4) is 0 Å². The monoisotopic (exact) mass is 430 g/mol. The summed E-state index contributed by atoms with van der Waals surface area (Å²) in [5.41, 5.74) is 7.98. The molecular weight excluding hydrogens is 399 g/mol. The summed E-state index contributed by atoms with van der Waals surface area (Å²) in [4.78, 5) is 29.7. The molecule has 4 rings (SSSR count). The molecule has 0 aliphatic carbocycles. The van der Waals surface area contributed by atoms with Gasteiger partial charge in [0.15, 0.2) is 0 Å². The standard InChI is InChI=1S/C20H30N4O2.2ClH/c1-14(21)19(25)23-10-15-9-17(13-23)18-6-5-16(20(26)24(18)11-15)12-22-7-3-2-4-8-22;;/h5-6,14-15,17H,2-4,7-13,21H2,1H3;2*1H/t14-,15-,17+;;/m0../s1. The van der Waals surface area contributed by atoms with Crippen molar-refractivity contribution in [3.8, 4) is 0 Å². The Labute approximate surface area is 179 Å². The maximum Gasteiger partial charge on any atom is 0.255 e. The molecule has 0 unspecified atom stereocenters. The van der Waals surface area contributed by atoms with Crippen molar-refractivity contribution in [3.63, 3.8) is 0 Å². The lowest BCUT2D eigenvalue weighted by Crippen LogP contribution is -2.52. The molecule has 1 aromatic rings. The van der Waals surface area contributed by atoms with E-state index in [2.05, 4.69) is 11.0 Å². The van der Waals surface area contributed by atoms with E-state index in [1.54, 1.807) is 6.92 Å². The van der Waals surface area contributed by atoms with Gasteiger partial charge < -0.3 is 15.2 Å². The van der Waals surface area contributed by atoms with E-state index in [1.807, 2.05) is 15.5 Å². The molecule has 4 heterocycles. The maximum absolute atomic E-state index is 13.1. The van der Waals surface area contributed by atoms with Crippen molar-refractivity contribution in [2.75, 3.05) is 26.2 Å². The summed E-state index contributed by atoms with van der Waals surface area (Å²) in [5, 5.41) is 0. The van der Waals surface area contributed by atoms with Crippen LogP contribution in [0.15, 0.2) is 16.9 Å². The molecule has 0 spiro atoms. The Hall–Kier alpha value is -1.08. The summed E-state index contributed by atoms with van der Waals surface area (Å²) in [5.74, 6) is 0.631. The zero-order chi connectivity index (χ0) is 18.3. The van der Waals surface area contributed by atoms with Crippen LogP contribution in [-0.2, 0) is 17.9 Å². The van der Waals surface area contributed by atoms with Gasteiger partial charge in [0.25, 0.3) is 5.56 Å². The Morgan fingerprint density at radius 2 is 1.86 bits per heavy atom. The first-order valence-corrected chi connectivity index (χ1v) is 10.0. The van der Waals surface area contributed by atoms with Crippen molar-refractivity contribution < 1.29 is 4.79 Å². The second-order valence-corrected chi connectivity index (χ2v) is 8.37. The van der Waals surface area contributed by atoms with Gasteiger partial charge in [0.05, 0.1) is 6.04 Å². The molecule has 2 N–H and O–H groups in total. The number of pyridine rings is 1. The van der Waals surface area contributed by atoms with Crippen molar-refractivity contribution in [1.29, 1.82) is 0 Å². The highest BCUT2D eigenvalue weighted by Gasteiger charge is 2.37. The number of fused-ring (bicyclic) bond motifs is 4. The van der Waals surface area contributed by atoms with E-state index in [0.29, 0.717) is 12.5 Å². The summed E-state index contributed by atoms with van der Waals surface area (Å²) >= 11 is 0. The minimum Gasteiger partial charge on any atom is -0.340 e. The second kappa shape index (κ2) is 9.61. The Morgan fingerprint density at radius 1 is 1.14 bits per heavy atom. The number of nitrogens with two attached hydrogens (primary N) is 1. The van der Waals surface area contributed by atoms with Gasteiger partial charge in [-0.25, -0.2) is 0 Å². The molecule has 3 aliphatic rings. The Morgan fingerprint density at radius 3 is 2.54 bits per heavy atom. The lowest BCUT2D eigenvalue weighted by atomic mass is 9.82. The molecule has 2 bridgehead atoms. The Kier molecular flexibility index (Phi) is 7.97. The van der Waals surface area contributed by atoms with Crippen LogP contribution in [0.4, 0.5) is 0 Å². The van der Waals surface area contributed by atoms with Crippen LogP contribution in [-0.4, -0.2) is 52.5 Å². The van der Waals surface area contributed by atoms with Gasteiger partial charge in [-0.15, -0.1) is 24.8 Å². The SMILES string of the molecule is C[C@H](N)C(=O)N1C[C@@H]2C[C@H](C1)c1ccc(CN3CCCCC3)c(=O)n1C2.Cl.Cl. The van der Waals surface area contributed by atoms with E-state index >= 15 is 0 Å². The molecule has 3 aliphatic heterocycles. The van der Waals surface area contributed by atoms with Crippen LogP contribution in [0.5, 0.6) is 0 Å². The van der Waals surface area contributed by atoms with Gasteiger partial charge in [-0.05, 0) is 51.3 Å². The second-order valence-electron chi connectivity index (χ2n) is 8.37. The highest BCUT2D eigenvalue weighted by atomic mass is 35.5. The normalized spacial score (nSPS) is 25.1. The maximum atomic E-state index is 13.1. The molecule has 8 heteroatoms. The third kappa shape index (κ3) is 4.56. The third-order valence-corrected chi connectivity index (χ3v) is 6.23. The fourth-order valence-corrected chi connectivity index (χ4v) is 4.94. The number of halogens is 2. The average Bonchev–Trinajstić information content (AvgIpc) is 2.64. The number of carbonyl (C=O) groups excluding carboxylic acids is 1. The molecule has 158 valence electrons. The lowest BCUT2D eigenvalue weighted by Gasteiger charge is -2.43. The molecule has 0 radical (unpaired) electrons. The molecule has 28 heavy (non-hydrogen) atoms. The van der Waals surface area contributed by atoms with Crippen molar-refractivity contribution >= 4 is 30.7 Å². The van der Waals surface area contributed by atoms with Crippen molar-refractivity contribution in [2.24, 2.45) is 11.7 Å². The van der Waals surface area contributed by atoms with Gasteiger partial charge in [-0.2, -0.15) is 0 Å². The average molecular weight is 431 g/mol. The van der Waals surface area contributed by atoms with E-state index in [1.165, 1.54) is 19.3 Å². The number of aromatic nitrogens is 1. The zero-order valence-corrected chi connectivity index (χ0v) is 18.1. The van der Waals surface area contributed by atoms with Gasteiger partial charge in [0.2, 0.25) is 5.91 Å². The summed E-state index contributed by atoms with van der Waals surface area (Å²) in [6, 6.07) is 3.69. The summed E-state index contributed by atoms with van der Waals surface area (Å²) in [7, 11) is 0. The van der Waals surface area contributed by atoms with E-state index in [9.17, 15) is 9.59 Å². The molecule has 1 amide bonds. The summed E-state index contributed by atoms with van der Waals surface area (Å²) in [6.07, 6.45) is 4.84. The number of nitrogens with zero attached hydrogens (tertiary/aromatic N) is 3. The summed E-state index contributed by atoms with van der Waals surface area (Å²) < 4.78 is 1.99. The predicted molar refractivity (Wildman–Crippen MR) is 115 cm³/mol. The first-order chi connectivity index (χ1) is 12.5.